The molecule has 0 unspecified atom stereocenters. The largest absolute Gasteiger partial charge is 0.347 e. The van der Waals surface area contributed by atoms with Crippen LogP contribution in [0.15, 0.2) is 30.5 Å². The molecule has 1 amide bonds. The highest BCUT2D eigenvalue weighted by atomic mass is 19.3. The molecule has 3 rings (SSSR count). The number of alkyl halides is 2. The third-order valence-electron chi connectivity index (χ3n) is 3.89. The zero-order chi connectivity index (χ0) is 15.5. The number of aromatic nitrogens is 2. The van der Waals surface area contributed by atoms with Crippen molar-refractivity contribution in [2.24, 2.45) is 0 Å². The molecule has 2 aromatic rings. The summed E-state index contributed by atoms with van der Waals surface area (Å²) >= 11 is 0. The molecule has 4 nitrogen and oxygen atoms in total. The van der Waals surface area contributed by atoms with E-state index in [1.165, 1.54) is 12.1 Å². The van der Waals surface area contributed by atoms with Crippen molar-refractivity contribution in [2.75, 3.05) is 0 Å². The summed E-state index contributed by atoms with van der Waals surface area (Å²) in [6.45, 7) is 1.13. The van der Waals surface area contributed by atoms with E-state index in [0.717, 1.165) is 37.2 Å². The van der Waals surface area contributed by atoms with Gasteiger partial charge >= 0.3 is 0 Å². The molecule has 22 heavy (non-hydrogen) atoms. The van der Waals surface area contributed by atoms with Gasteiger partial charge in [-0.2, -0.15) is 0 Å². The molecule has 2 heterocycles. The highest BCUT2D eigenvalue weighted by Crippen LogP contribution is 2.19. The van der Waals surface area contributed by atoms with Gasteiger partial charge in [-0.25, -0.2) is 13.8 Å². The van der Waals surface area contributed by atoms with Crippen LogP contribution in [0.4, 0.5) is 8.78 Å². The SMILES string of the molecule is O=C(NCc1ccc(C(F)F)cc1)c1cnc2n1CCCC2. The third kappa shape index (κ3) is 3.00. The number of imidazole rings is 1. The molecular formula is C16H17F2N3O. The van der Waals surface area contributed by atoms with E-state index in [4.69, 9.17) is 0 Å². The molecule has 0 saturated carbocycles. The van der Waals surface area contributed by atoms with Crippen LogP contribution in [0.25, 0.3) is 0 Å². The lowest BCUT2D eigenvalue weighted by Gasteiger charge is -2.16. The van der Waals surface area contributed by atoms with E-state index in [1.54, 1.807) is 18.3 Å². The van der Waals surface area contributed by atoms with E-state index < -0.39 is 6.43 Å². The predicted octanol–water partition coefficient (Wildman–Crippen LogP) is 3.09. The summed E-state index contributed by atoms with van der Waals surface area (Å²) in [6, 6.07) is 5.97. The van der Waals surface area contributed by atoms with Crippen molar-refractivity contribution in [3.8, 4) is 0 Å². The molecule has 0 aliphatic carbocycles. The van der Waals surface area contributed by atoms with Crippen LogP contribution in [-0.4, -0.2) is 15.5 Å². The van der Waals surface area contributed by atoms with Gasteiger partial charge in [-0.05, 0) is 18.4 Å². The number of fused-ring (bicyclic) bond motifs is 1. The Kier molecular flexibility index (Phi) is 4.18. The Bertz CT molecular complexity index is 665. The first-order valence-electron chi connectivity index (χ1n) is 7.35. The quantitative estimate of drug-likeness (QED) is 0.943. The summed E-state index contributed by atoms with van der Waals surface area (Å²) in [6.07, 6.45) is 2.20. The third-order valence-corrected chi connectivity index (χ3v) is 3.89. The molecule has 0 saturated heterocycles. The average molecular weight is 305 g/mol. The summed E-state index contributed by atoms with van der Waals surface area (Å²) in [5.74, 6) is 0.774. The number of amides is 1. The molecule has 0 fully saturated rings. The Morgan fingerprint density at radius 1 is 1.27 bits per heavy atom. The Hall–Kier alpha value is -2.24. The molecule has 0 radical (unpaired) electrons. The second kappa shape index (κ2) is 6.25. The molecule has 0 spiro atoms. The summed E-state index contributed by atoms with van der Waals surface area (Å²) in [5, 5.41) is 2.81. The second-order valence-corrected chi connectivity index (χ2v) is 5.39. The molecule has 116 valence electrons. The number of benzene rings is 1. The summed E-state index contributed by atoms with van der Waals surface area (Å²) in [4.78, 5) is 16.5. The van der Waals surface area contributed by atoms with E-state index in [9.17, 15) is 13.6 Å². The maximum atomic E-state index is 12.5. The maximum absolute atomic E-state index is 12.5. The minimum atomic E-state index is -2.47. The van der Waals surface area contributed by atoms with Crippen LogP contribution in [0.3, 0.4) is 0 Å². The van der Waals surface area contributed by atoms with Crippen LogP contribution in [0.5, 0.6) is 0 Å². The number of rotatable bonds is 4. The minimum absolute atomic E-state index is 0.0139. The van der Waals surface area contributed by atoms with Gasteiger partial charge in [0, 0.05) is 25.1 Å². The van der Waals surface area contributed by atoms with Crippen molar-refractivity contribution in [3.63, 3.8) is 0 Å². The van der Waals surface area contributed by atoms with Crippen molar-refractivity contribution in [3.05, 3.63) is 53.1 Å². The molecule has 1 aliphatic rings. The fourth-order valence-corrected chi connectivity index (χ4v) is 2.65. The van der Waals surface area contributed by atoms with Gasteiger partial charge in [-0.15, -0.1) is 0 Å². The highest BCUT2D eigenvalue weighted by molar-refractivity contribution is 5.92. The summed E-state index contributed by atoms with van der Waals surface area (Å²) in [7, 11) is 0. The molecule has 1 aliphatic heterocycles. The lowest BCUT2D eigenvalue weighted by molar-refractivity contribution is 0.0940. The standard InChI is InChI=1S/C16H17F2N3O/c17-15(18)12-6-4-11(5-7-12)9-20-16(22)13-10-19-14-3-1-2-8-21(13)14/h4-7,10,15H,1-3,8-9H2,(H,20,22). The lowest BCUT2D eigenvalue weighted by Crippen LogP contribution is -2.26. The molecule has 6 heteroatoms. The number of hydrogen-bond donors (Lipinski definition) is 1. The molecule has 1 aromatic carbocycles. The smallest absolute Gasteiger partial charge is 0.269 e. The minimum Gasteiger partial charge on any atom is -0.347 e. The van der Waals surface area contributed by atoms with E-state index in [1.807, 2.05) is 4.57 Å². The number of carbonyl (C=O) groups is 1. The van der Waals surface area contributed by atoms with Gasteiger partial charge < -0.3 is 9.88 Å². The Morgan fingerprint density at radius 2 is 2.05 bits per heavy atom. The Labute approximate surface area is 127 Å². The van der Waals surface area contributed by atoms with E-state index in [0.29, 0.717) is 12.2 Å². The molecule has 0 atom stereocenters. The zero-order valence-electron chi connectivity index (χ0n) is 12.1. The van der Waals surface area contributed by atoms with E-state index in [-0.39, 0.29) is 11.5 Å². The van der Waals surface area contributed by atoms with Crippen LogP contribution in [0, 0.1) is 0 Å². The topological polar surface area (TPSA) is 46.9 Å². The van der Waals surface area contributed by atoms with Gasteiger partial charge in [0.1, 0.15) is 11.5 Å². The fourth-order valence-electron chi connectivity index (χ4n) is 2.65. The van der Waals surface area contributed by atoms with Gasteiger partial charge in [0.05, 0.1) is 6.20 Å². The predicted molar refractivity (Wildman–Crippen MR) is 77.7 cm³/mol. The van der Waals surface area contributed by atoms with Crippen molar-refractivity contribution in [2.45, 2.75) is 38.8 Å². The summed E-state index contributed by atoms with van der Waals surface area (Å²) in [5.41, 5.74) is 1.34. The molecular weight excluding hydrogens is 288 g/mol. The Balaban J connectivity index is 1.64. The average Bonchev–Trinajstić information content (AvgIpc) is 2.97. The maximum Gasteiger partial charge on any atom is 0.269 e. The van der Waals surface area contributed by atoms with E-state index in [2.05, 4.69) is 10.3 Å². The normalized spacial score (nSPS) is 14.0. The lowest BCUT2D eigenvalue weighted by atomic mass is 10.1. The van der Waals surface area contributed by atoms with Crippen molar-refractivity contribution in [1.29, 1.82) is 0 Å². The molecule has 1 aromatic heterocycles. The van der Waals surface area contributed by atoms with Crippen molar-refractivity contribution >= 4 is 5.91 Å². The first-order valence-corrected chi connectivity index (χ1v) is 7.35. The van der Waals surface area contributed by atoms with Gasteiger partial charge in [0.15, 0.2) is 0 Å². The first kappa shape index (κ1) is 14.7. The van der Waals surface area contributed by atoms with Gasteiger partial charge in [-0.1, -0.05) is 24.3 Å². The van der Waals surface area contributed by atoms with Crippen LogP contribution in [0.1, 0.15) is 46.7 Å². The van der Waals surface area contributed by atoms with E-state index >= 15 is 0 Å². The molecule has 1 N–H and O–H groups in total. The van der Waals surface area contributed by atoms with Crippen molar-refractivity contribution < 1.29 is 13.6 Å². The Morgan fingerprint density at radius 3 is 2.77 bits per heavy atom. The number of aryl methyl sites for hydroxylation is 1. The monoisotopic (exact) mass is 305 g/mol. The van der Waals surface area contributed by atoms with Crippen LogP contribution in [-0.2, 0) is 19.5 Å². The van der Waals surface area contributed by atoms with Crippen molar-refractivity contribution in [1.82, 2.24) is 14.9 Å². The summed E-state index contributed by atoms with van der Waals surface area (Å²) < 4.78 is 26.9. The number of nitrogens with zero attached hydrogens (tertiary/aromatic N) is 2. The van der Waals surface area contributed by atoms with Gasteiger partial charge in [0.2, 0.25) is 0 Å². The van der Waals surface area contributed by atoms with Gasteiger partial charge in [0.25, 0.3) is 12.3 Å². The zero-order valence-corrected chi connectivity index (χ0v) is 12.1. The van der Waals surface area contributed by atoms with Gasteiger partial charge in [-0.3, -0.25) is 4.79 Å². The number of nitrogens with one attached hydrogen (secondary N) is 1. The first-order chi connectivity index (χ1) is 10.6. The molecule has 0 bridgehead atoms. The number of hydrogen-bond acceptors (Lipinski definition) is 2. The van der Waals surface area contributed by atoms with Crippen LogP contribution >= 0.6 is 0 Å². The highest BCUT2D eigenvalue weighted by Gasteiger charge is 2.18. The number of carbonyl (C=O) groups excluding carboxylic acids is 1. The number of halogens is 2. The fraction of sp³-hybridized carbons (Fsp3) is 0.375. The second-order valence-electron chi connectivity index (χ2n) is 5.39. The van der Waals surface area contributed by atoms with Crippen LogP contribution in [0.2, 0.25) is 0 Å². The van der Waals surface area contributed by atoms with Crippen LogP contribution < -0.4 is 5.32 Å².